The summed E-state index contributed by atoms with van der Waals surface area (Å²) in [4.78, 5) is 32.8. The summed E-state index contributed by atoms with van der Waals surface area (Å²) in [5.74, 6) is 0.463. The van der Waals surface area contributed by atoms with Gasteiger partial charge in [-0.15, -0.1) is 0 Å². The van der Waals surface area contributed by atoms with Crippen LogP contribution in [-0.4, -0.2) is 37.6 Å². The molecule has 1 aliphatic heterocycles. The van der Waals surface area contributed by atoms with Crippen LogP contribution in [0.15, 0.2) is 60.4 Å². The van der Waals surface area contributed by atoms with Crippen LogP contribution < -0.4 is 21.3 Å². The first-order valence-corrected chi connectivity index (χ1v) is 11.9. The topological polar surface area (TPSA) is 125 Å². The first kappa shape index (κ1) is 22.1. The quantitative estimate of drug-likeness (QED) is 0.224. The predicted octanol–water partition coefficient (Wildman–Crippen LogP) is 3.81. The molecule has 0 bridgehead atoms. The van der Waals surface area contributed by atoms with Crippen molar-refractivity contribution < 1.29 is 9.59 Å². The second-order valence-corrected chi connectivity index (χ2v) is 9.05. The fraction of sp³-hybridized carbons (Fsp3) is 0.160. The Morgan fingerprint density at radius 2 is 1.94 bits per heavy atom. The van der Waals surface area contributed by atoms with Gasteiger partial charge in [0.1, 0.15) is 5.70 Å². The van der Waals surface area contributed by atoms with Crippen molar-refractivity contribution in [2.24, 2.45) is 0 Å². The molecule has 1 aliphatic carbocycles. The van der Waals surface area contributed by atoms with E-state index in [9.17, 15) is 9.59 Å². The summed E-state index contributed by atoms with van der Waals surface area (Å²) >= 11 is 6.22. The second kappa shape index (κ2) is 8.97. The molecule has 2 aromatic heterocycles. The van der Waals surface area contributed by atoms with Gasteiger partial charge in [-0.25, -0.2) is 4.79 Å². The number of fused-ring (bicyclic) bond motifs is 1. The molecule has 1 saturated heterocycles. The van der Waals surface area contributed by atoms with Gasteiger partial charge in [0, 0.05) is 23.2 Å². The number of urea groups is 1. The minimum absolute atomic E-state index is 0.134. The van der Waals surface area contributed by atoms with E-state index in [1.54, 1.807) is 16.8 Å². The van der Waals surface area contributed by atoms with Gasteiger partial charge in [-0.2, -0.15) is 19.6 Å². The lowest BCUT2D eigenvalue weighted by Gasteiger charge is -2.13. The third-order valence-corrected chi connectivity index (χ3v) is 6.15. The summed E-state index contributed by atoms with van der Waals surface area (Å²) in [5, 5.41) is 16.5. The molecule has 2 fully saturated rings. The Morgan fingerprint density at radius 1 is 1.08 bits per heavy atom. The molecule has 0 spiro atoms. The molecule has 0 radical (unpaired) electrons. The number of hydrogen-bond donors (Lipinski definition) is 4. The van der Waals surface area contributed by atoms with Gasteiger partial charge in [-0.05, 0) is 47.7 Å². The molecule has 3 amide bonds. The van der Waals surface area contributed by atoms with E-state index in [0.29, 0.717) is 40.7 Å². The number of benzene rings is 2. The minimum Gasteiger partial charge on any atom is -0.351 e. The van der Waals surface area contributed by atoms with E-state index >= 15 is 0 Å². The summed E-state index contributed by atoms with van der Waals surface area (Å²) in [7, 11) is 0. The van der Waals surface area contributed by atoms with Crippen molar-refractivity contribution in [2.45, 2.75) is 25.4 Å². The lowest BCUT2D eigenvalue weighted by molar-refractivity contribution is -0.115. The predicted molar refractivity (Wildman–Crippen MR) is 136 cm³/mol. The number of rotatable bonds is 7. The fourth-order valence-electron chi connectivity index (χ4n) is 4.00. The zero-order valence-electron chi connectivity index (χ0n) is 19.0. The van der Waals surface area contributed by atoms with Gasteiger partial charge < -0.3 is 16.0 Å². The van der Waals surface area contributed by atoms with E-state index in [1.165, 1.54) is 0 Å². The number of nitrogens with zero attached hydrogens (tertiary/aromatic N) is 4. The van der Waals surface area contributed by atoms with E-state index < -0.39 is 11.9 Å². The third kappa shape index (κ3) is 4.46. The van der Waals surface area contributed by atoms with E-state index in [2.05, 4.69) is 42.4 Å². The molecule has 6 rings (SSSR count). The van der Waals surface area contributed by atoms with Gasteiger partial charge in [0.15, 0.2) is 5.65 Å². The first-order valence-electron chi connectivity index (χ1n) is 11.5. The van der Waals surface area contributed by atoms with Crippen molar-refractivity contribution in [1.29, 1.82) is 0 Å². The SMILES string of the molecule is O=C1NC(=O)/C(=C\c2cnn3c(NC4CC4)nc(NCc4ccccc4-c4cccc(Cl)c4)nc23)N1. The Hall–Kier alpha value is -4.44. The Kier molecular flexibility index (Phi) is 5.49. The summed E-state index contributed by atoms with van der Waals surface area (Å²) in [6.45, 7) is 0.477. The van der Waals surface area contributed by atoms with Gasteiger partial charge in [-0.3, -0.25) is 10.1 Å². The van der Waals surface area contributed by atoms with Crippen LogP contribution >= 0.6 is 11.6 Å². The minimum atomic E-state index is -0.561. The number of hydrogen-bond acceptors (Lipinski definition) is 7. The lowest BCUT2D eigenvalue weighted by atomic mass is 10.00. The Morgan fingerprint density at radius 3 is 2.72 bits per heavy atom. The van der Waals surface area contributed by atoms with Gasteiger partial charge in [0.2, 0.25) is 11.9 Å². The number of nitrogens with one attached hydrogen (secondary N) is 4. The van der Waals surface area contributed by atoms with Gasteiger partial charge in [-0.1, -0.05) is 48.0 Å². The maximum atomic E-state index is 12.0. The zero-order chi connectivity index (χ0) is 24.6. The standard InChI is InChI=1S/C25H21ClN8O2/c26-17-6-3-5-14(10-17)19-7-2-1-4-15(19)12-27-23-31-21-16(11-20-22(35)32-25(36)30-20)13-28-34(21)24(33-23)29-18-8-9-18/h1-7,10-11,13,18H,8-9,12H2,(H2,27,29,31,33)(H2,30,32,35,36)/b20-11+. The van der Waals surface area contributed by atoms with Crippen LogP contribution in [0.4, 0.5) is 16.7 Å². The largest absolute Gasteiger partial charge is 0.351 e. The Bertz CT molecular complexity index is 1540. The van der Waals surface area contributed by atoms with Crippen LogP contribution in [0.5, 0.6) is 0 Å². The maximum absolute atomic E-state index is 12.0. The molecule has 36 heavy (non-hydrogen) atoms. The van der Waals surface area contributed by atoms with Crippen LogP contribution in [0.1, 0.15) is 24.0 Å². The number of imide groups is 1. The van der Waals surface area contributed by atoms with Crippen LogP contribution in [-0.2, 0) is 11.3 Å². The summed E-state index contributed by atoms with van der Waals surface area (Å²) in [6, 6.07) is 15.6. The van der Waals surface area contributed by atoms with Crippen molar-refractivity contribution >= 4 is 47.2 Å². The molecule has 11 heteroatoms. The zero-order valence-corrected chi connectivity index (χ0v) is 19.7. The van der Waals surface area contributed by atoms with Crippen molar-refractivity contribution in [3.8, 4) is 11.1 Å². The van der Waals surface area contributed by atoms with Crippen molar-refractivity contribution in [3.63, 3.8) is 0 Å². The van der Waals surface area contributed by atoms with Crippen LogP contribution in [0.2, 0.25) is 5.02 Å². The summed E-state index contributed by atoms with van der Waals surface area (Å²) < 4.78 is 1.60. The van der Waals surface area contributed by atoms with E-state index in [-0.39, 0.29) is 5.70 Å². The highest BCUT2D eigenvalue weighted by Gasteiger charge is 2.26. The summed E-state index contributed by atoms with van der Waals surface area (Å²) in [6.07, 6.45) is 5.26. The molecule has 10 nitrogen and oxygen atoms in total. The fourth-order valence-corrected chi connectivity index (χ4v) is 4.19. The highest BCUT2D eigenvalue weighted by Crippen LogP contribution is 2.28. The van der Waals surface area contributed by atoms with Crippen LogP contribution in [0.25, 0.3) is 22.9 Å². The molecule has 0 unspecified atom stereocenters. The summed E-state index contributed by atoms with van der Waals surface area (Å²) in [5.41, 5.74) is 4.35. The molecular formula is C25H21ClN8O2. The second-order valence-electron chi connectivity index (χ2n) is 8.61. The van der Waals surface area contributed by atoms with Crippen LogP contribution in [0.3, 0.4) is 0 Å². The number of carbonyl (C=O) groups excluding carboxylic acids is 2. The smallest absolute Gasteiger partial charge is 0.326 e. The molecule has 4 N–H and O–H groups in total. The molecule has 4 aromatic rings. The first-order chi connectivity index (χ1) is 17.5. The van der Waals surface area contributed by atoms with Crippen molar-refractivity contribution in [1.82, 2.24) is 30.2 Å². The highest BCUT2D eigenvalue weighted by atomic mass is 35.5. The molecular weight excluding hydrogens is 480 g/mol. The average Bonchev–Trinajstić information content (AvgIpc) is 3.51. The van der Waals surface area contributed by atoms with Gasteiger partial charge in [0.25, 0.3) is 5.91 Å². The Balaban J connectivity index is 1.34. The van der Waals surface area contributed by atoms with Crippen molar-refractivity contribution in [2.75, 3.05) is 10.6 Å². The monoisotopic (exact) mass is 500 g/mol. The third-order valence-electron chi connectivity index (χ3n) is 5.92. The van der Waals surface area contributed by atoms with Gasteiger partial charge >= 0.3 is 6.03 Å². The Labute approximate surface area is 210 Å². The molecule has 0 atom stereocenters. The number of halogens is 1. The average molecular weight is 501 g/mol. The van der Waals surface area contributed by atoms with E-state index in [4.69, 9.17) is 11.6 Å². The number of amides is 3. The van der Waals surface area contributed by atoms with E-state index in [1.807, 2.05) is 42.5 Å². The highest BCUT2D eigenvalue weighted by molar-refractivity contribution is 6.30. The molecule has 1 saturated carbocycles. The molecule has 3 heterocycles. The van der Waals surface area contributed by atoms with Crippen LogP contribution in [0, 0.1) is 0 Å². The lowest BCUT2D eigenvalue weighted by Crippen LogP contribution is -2.22. The molecule has 180 valence electrons. The number of aromatic nitrogens is 4. The number of anilines is 2. The normalized spacial score (nSPS) is 16.3. The van der Waals surface area contributed by atoms with Gasteiger partial charge in [0.05, 0.1) is 6.20 Å². The molecule has 2 aliphatic rings. The number of carbonyl (C=O) groups is 2. The van der Waals surface area contributed by atoms with E-state index in [0.717, 1.165) is 29.5 Å². The maximum Gasteiger partial charge on any atom is 0.326 e. The molecule has 2 aromatic carbocycles. The van der Waals surface area contributed by atoms with Crippen molar-refractivity contribution in [3.05, 3.63) is 76.6 Å².